The van der Waals surface area contributed by atoms with Crippen LogP contribution in [-0.4, -0.2) is 47.2 Å². The average Bonchev–Trinajstić information content (AvgIpc) is 3.17. The van der Waals surface area contributed by atoms with Gasteiger partial charge < -0.3 is 14.5 Å². The van der Waals surface area contributed by atoms with Crippen LogP contribution in [0.5, 0.6) is 5.75 Å². The molecule has 142 valence electrons. The van der Waals surface area contributed by atoms with E-state index in [1.54, 1.807) is 24.3 Å². The Bertz CT molecular complexity index is 1020. The van der Waals surface area contributed by atoms with E-state index in [2.05, 4.69) is 20.0 Å². The molecule has 0 amide bonds. The predicted molar refractivity (Wildman–Crippen MR) is 107 cm³/mol. The van der Waals surface area contributed by atoms with Crippen LogP contribution in [0.25, 0.3) is 11.0 Å². The monoisotopic (exact) mass is 376 g/mol. The van der Waals surface area contributed by atoms with Crippen LogP contribution in [0.3, 0.4) is 0 Å². The van der Waals surface area contributed by atoms with Crippen molar-refractivity contribution in [1.29, 1.82) is 0 Å². The Morgan fingerprint density at radius 1 is 1.04 bits per heavy atom. The minimum atomic E-state index is -0.175. The van der Waals surface area contributed by atoms with Crippen LogP contribution in [0.2, 0.25) is 0 Å². The predicted octanol–water partition coefficient (Wildman–Crippen LogP) is 3.41. The molecule has 1 N–H and O–H groups in total. The summed E-state index contributed by atoms with van der Waals surface area (Å²) in [5.74, 6) is 1.50. The third-order valence-electron chi connectivity index (χ3n) is 4.17. The topological polar surface area (TPSA) is 88.9 Å². The second-order valence-corrected chi connectivity index (χ2v) is 6.28. The van der Waals surface area contributed by atoms with E-state index in [0.717, 1.165) is 17.5 Å². The summed E-state index contributed by atoms with van der Waals surface area (Å²) in [6.07, 6.45) is 0.880. The average molecular weight is 376 g/mol. The van der Waals surface area contributed by atoms with Crippen LogP contribution in [0, 0.1) is 0 Å². The molecule has 28 heavy (non-hydrogen) atoms. The number of benzene rings is 2. The highest BCUT2D eigenvalue weighted by atomic mass is 16.5. The number of para-hydroxylation sites is 2. The molecule has 7 heteroatoms. The number of aromatic amines is 1. The van der Waals surface area contributed by atoms with Gasteiger partial charge >= 0.3 is 0 Å². The van der Waals surface area contributed by atoms with E-state index in [1.807, 2.05) is 31.2 Å². The number of ether oxygens (including phenoxy) is 2. The van der Waals surface area contributed by atoms with E-state index in [9.17, 15) is 4.79 Å². The maximum atomic E-state index is 12.7. The van der Waals surface area contributed by atoms with Crippen LogP contribution >= 0.6 is 0 Å². The number of nitrogens with zero attached hydrogens (tertiary/aromatic N) is 3. The van der Waals surface area contributed by atoms with Crippen LogP contribution in [-0.2, 0) is 4.74 Å². The first-order valence-corrected chi connectivity index (χ1v) is 9.24. The molecule has 0 bridgehead atoms. The molecule has 2 heterocycles. The van der Waals surface area contributed by atoms with Gasteiger partial charge in [-0.2, -0.15) is 0 Å². The molecular formula is C21H20N4O3. The maximum Gasteiger partial charge on any atom is 0.278 e. The highest BCUT2D eigenvalue weighted by molar-refractivity contribution is 6.36. The van der Waals surface area contributed by atoms with Gasteiger partial charge in [-0.3, -0.25) is 4.79 Å². The molecule has 2 aromatic carbocycles. The molecule has 0 atom stereocenters. The van der Waals surface area contributed by atoms with Crippen LogP contribution < -0.4 is 4.74 Å². The lowest BCUT2D eigenvalue weighted by molar-refractivity contribution is 0.103. The number of ketones is 1. The molecule has 0 aliphatic carbocycles. The molecule has 0 saturated carbocycles. The summed E-state index contributed by atoms with van der Waals surface area (Å²) in [5.41, 5.74) is 2.12. The number of H-pyrrole nitrogens is 1. The number of fused-ring (bicyclic) bond motifs is 1. The van der Waals surface area contributed by atoms with E-state index in [1.165, 1.54) is 0 Å². The van der Waals surface area contributed by atoms with Crippen molar-refractivity contribution in [2.24, 2.45) is 9.98 Å². The van der Waals surface area contributed by atoms with E-state index < -0.39 is 0 Å². The number of nitrogens with one attached hydrogen (secondary N) is 1. The third-order valence-corrected chi connectivity index (χ3v) is 4.17. The van der Waals surface area contributed by atoms with Crippen molar-refractivity contribution in [2.75, 3.05) is 19.7 Å². The summed E-state index contributed by atoms with van der Waals surface area (Å²) in [7, 11) is 0. The summed E-state index contributed by atoms with van der Waals surface area (Å²) < 4.78 is 11.4. The minimum Gasteiger partial charge on any atom is -0.474 e. The lowest BCUT2D eigenvalue weighted by Crippen LogP contribution is -2.28. The Morgan fingerprint density at radius 2 is 1.79 bits per heavy atom. The second-order valence-electron chi connectivity index (χ2n) is 6.28. The first-order valence-electron chi connectivity index (χ1n) is 9.24. The Morgan fingerprint density at radius 3 is 2.54 bits per heavy atom. The molecule has 1 aliphatic rings. The van der Waals surface area contributed by atoms with Gasteiger partial charge in [0.05, 0.1) is 30.7 Å². The molecule has 0 unspecified atom stereocenters. The number of rotatable bonds is 5. The third kappa shape index (κ3) is 3.78. The van der Waals surface area contributed by atoms with Gasteiger partial charge in [0.15, 0.2) is 5.82 Å². The Balaban J connectivity index is 1.48. The number of carbonyl (C=O) groups is 1. The molecule has 1 aliphatic heterocycles. The number of hydrogen-bond acceptors (Lipinski definition) is 6. The van der Waals surface area contributed by atoms with Crippen LogP contribution in [0.15, 0.2) is 58.5 Å². The van der Waals surface area contributed by atoms with E-state index in [-0.39, 0.29) is 5.78 Å². The molecular weight excluding hydrogens is 356 g/mol. The van der Waals surface area contributed by atoms with E-state index in [4.69, 9.17) is 9.47 Å². The minimum absolute atomic E-state index is 0.175. The normalized spacial score (nSPS) is 13.8. The van der Waals surface area contributed by atoms with E-state index >= 15 is 0 Å². The van der Waals surface area contributed by atoms with Gasteiger partial charge in [-0.15, -0.1) is 0 Å². The fourth-order valence-corrected chi connectivity index (χ4v) is 2.80. The highest BCUT2D eigenvalue weighted by Crippen LogP contribution is 2.18. The number of aromatic nitrogens is 2. The Kier molecular flexibility index (Phi) is 5.14. The summed E-state index contributed by atoms with van der Waals surface area (Å²) in [6, 6.07) is 14.4. The number of carbonyl (C=O) groups excluding carboxylic acids is 1. The van der Waals surface area contributed by atoms with Crippen molar-refractivity contribution >= 4 is 28.6 Å². The fraction of sp³-hybridized carbons (Fsp3) is 0.238. The van der Waals surface area contributed by atoms with Crippen LogP contribution in [0.1, 0.15) is 29.5 Å². The van der Waals surface area contributed by atoms with Gasteiger partial charge in [-0.05, 0) is 42.8 Å². The van der Waals surface area contributed by atoms with Crippen molar-refractivity contribution in [1.82, 2.24) is 9.97 Å². The molecule has 0 saturated heterocycles. The van der Waals surface area contributed by atoms with Crippen molar-refractivity contribution in [3.05, 3.63) is 59.9 Å². The van der Waals surface area contributed by atoms with E-state index in [0.29, 0.717) is 48.6 Å². The fourth-order valence-electron chi connectivity index (χ4n) is 2.80. The standard InChI is InChI=1S/C21H20N4O3/c1-2-13-27-20-21(23-12-11-22-20)28-15-9-7-14(8-10-15)18(26)19-24-16-5-3-4-6-17(16)25-19/h3-10H,2,11-13H2,1H3,(H,24,25). The van der Waals surface area contributed by atoms with Crippen molar-refractivity contribution in [3.8, 4) is 5.75 Å². The van der Waals surface area contributed by atoms with Crippen molar-refractivity contribution in [2.45, 2.75) is 13.3 Å². The molecule has 1 aromatic heterocycles. The quantitative estimate of drug-likeness (QED) is 0.691. The van der Waals surface area contributed by atoms with Gasteiger partial charge in [-0.25, -0.2) is 15.0 Å². The SMILES string of the molecule is CCCOC1=NCCN=C1Oc1ccc(C(=O)c2nc3ccccc3[nH]2)cc1. The lowest BCUT2D eigenvalue weighted by Gasteiger charge is -2.15. The zero-order valence-corrected chi connectivity index (χ0v) is 15.5. The van der Waals surface area contributed by atoms with Crippen LogP contribution in [0.4, 0.5) is 0 Å². The van der Waals surface area contributed by atoms with Gasteiger partial charge in [-0.1, -0.05) is 19.1 Å². The molecule has 0 radical (unpaired) electrons. The number of hydrogen-bond donors (Lipinski definition) is 1. The maximum absolute atomic E-state index is 12.7. The van der Waals surface area contributed by atoms with Crippen molar-refractivity contribution < 1.29 is 14.3 Å². The first kappa shape index (κ1) is 17.9. The van der Waals surface area contributed by atoms with Gasteiger partial charge in [0.2, 0.25) is 5.78 Å². The summed E-state index contributed by atoms with van der Waals surface area (Å²) in [4.78, 5) is 28.8. The first-order chi connectivity index (χ1) is 13.7. The summed E-state index contributed by atoms with van der Waals surface area (Å²) in [6.45, 7) is 3.75. The highest BCUT2D eigenvalue weighted by Gasteiger charge is 2.18. The molecule has 3 aromatic rings. The smallest absolute Gasteiger partial charge is 0.278 e. The molecule has 0 spiro atoms. The number of imidazole rings is 1. The Hall–Kier alpha value is -3.48. The molecule has 0 fully saturated rings. The Labute approximate surface area is 162 Å². The van der Waals surface area contributed by atoms with Gasteiger partial charge in [0.25, 0.3) is 11.8 Å². The largest absolute Gasteiger partial charge is 0.474 e. The zero-order chi connectivity index (χ0) is 19.3. The van der Waals surface area contributed by atoms with Gasteiger partial charge in [0, 0.05) is 5.56 Å². The summed E-state index contributed by atoms with van der Waals surface area (Å²) >= 11 is 0. The van der Waals surface area contributed by atoms with Crippen molar-refractivity contribution in [3.63, 3.8) is 0 Å². The van der Waals surface area contributed by atoms with Gasteiger partial charge in [0.1, 0.15) is 5.75 Å². The molecule has 7 nitrogen and oxygen atoms in total. The lowest BCUT2D eigenvalue weighted by atomic mass is 10.1. The summed E-state index contributed by atoms with van der Waals surface area (Å²) in [5, 5.41) is 0. The molecule has 4 rings (SSSR count). The zero-order valence-electron chi connectivity index (χ0n) is 15.5. The second kappa shape index (κ2) is 8.04. The number of aliphatic imine (C=N–C) groups is 2.